The summed E-state index contributed by atoms with van der Waals surface area (Å²) in [6.07, 6.45) is 0. The fraction of sp³-hybridized carbons (Fsp3) is 0. The molecule has 0 bridgehead atoms. The molecule has 0 aliphatic carbocycles. The number of para-hydroxylation sites is 4. The molecule has 0 unspecified atom stereocenters. The van der Waals surface area contributed by atoms with Crippen LogP contribution >= 0.6 is 0 Å². The Morgan fingerprint density at radius 1 is 0.400 bits per heavy atom. The quantitative estimate of drug-likeness (QED) is 0.166. The van der Waals surface area contributed by atoms with Gasteiger partial charge in [0.05, 0.1) is 22.1 Å². The standard InChI is InChI=1S/C49H30N2O4/c52-49-38-16-8-10-18-44(38)54-45-27-32(21-25-39(45)49)31-19-22-35(23-20-31)51-41-26-24-36(50(33-11-3-1-4-12-33)34-13-5-2-6-14-34)28-47(41)55-48-29-40-37-15-7-9-17-43(37)53-46(40)30-42(48)51/h1-30H. The second-order valence-electron chi connectivity index (χ2n) is 13.7. The Bertz CT molecular complexity index is 3110. The number of rotatable bonds is 5. The average Bonchev–Trinajstić information content (AvgIpc) is 3.60. The maximum Gasteiger partial charge on any atom is 0.200 e. The molecule has 2 aromatic heterocycles. The highest BCUT2D eigenvalue weighted by Gasteiger charge is 2.29. The molecule has 11 rings (SSSR count). The molecule has 0 saturated carbocycles. The topological polar surface area (TPSA) is 59.1 Å². The fourth-order valence-electron chi connectivity index (χ4n) is 7.82. The molecule has 55 heavy (non-hydrogen) atoms. The fourth-order valence-corrected chi connectivity index (χ4v) is 7.82. The Labute approximate surface area is 315 Å². The van der Waals surface area contributed by atoms with Crippen LogP contribution in [0.4, 0.5) is 34.1 Å². The summed E-state index contributed by atoms with van der Waals surface area (Å²) in [4.78, 5) is 17.7. The van der Waals surface area contributed by atoms with Gasteiger partial charge in [-0.15, -0.1) is 0 Å². The van der Waals surface area contributed by atoms with Crippen LogP contribution in [0.25, 0.3) is 55.0 Å². The van der Waals surface area contributed by atoms with Gasteiger partial charge in [-0.2, -0.15) is 0 Å². The van der Waals surface area contributed by atoms with E-state index in [2.05, 4.69) is 119 Å². The van der Waals surface area contributed by atoms with E-state index >= 15 is 0 Å². The van der Waals surface area contributed by atoms with Crippen molar-refractivity contribution < 1.29 is 13.6 Å². The van der Waals surface area contributed by atoms with Gasteiger partial charge in [-0.25, -0.2) is 0 Å². The van der Waals surface area contributed by atoms with Crippen molar-refractivity contribution in [1.29, 1.82) is 0 Å². The molecule has 0 radical (unpaired) electrons. The lowest BCUT2D eigenvalue weighted by Crippen LogP contribution is -2.17. The summed E-state index contributed by atoms with van der Waals surface area (Å²) in [6, 6.07) is 61.0. The van der Waals surface area contributed by atoms with Crippen molar-refractivity contribution in [1.82, 2.24) is 0 Å². The lowest BCUT2D eigenvalue weighted by atomic mass is 10.0. The summed E-state index contributed by atoms with van der Waals surface area (Å²) in [5.41, 5.74) is 10.5. The van der Waals surface area contributed by atoms with Crippen LogP contribution in [0, 0.1) is 0 Å². The number of furan rings is 1. The predicted octanol–water partition coefficient (Wildman–Crippen LogP) is 13.6. The Hall–Kier alpha value is -7.57. The summed E-state index contributed by atoms with van der Waals surface area (Å²) < 4.78 is 19.4. The Kier molecular flexibility index (Phi) is 6.91. The van der Waals surface area contributed by atoms with Gasteiger partial charge < -0.3 is 23.4 Å². The molecule has 0 atom stereocenters. The predicted molar refractivity (Wildman–Crippen MR) is 222 cm³/mol. The zero-order valence-corrected chi connectivity index (χ0v) is 29.3. The molecule has 260 valence electrons. The van der Waals surface area contributed by atoms with Gasteiger partial charge >= 0.3 is 0 Å². The summed E-state index contributed by atoms with van der Waals surface area (Å²) in [5, 5.41) is 3.18. The Morgan fingerprint density at radius 3 is 1.71 bits per heavy atom. The van der Waals surface area contributed by atoms with Crippen LogP contribution in [0.3, 0.4) is 0 Å². The number of hydrogen-bond donors (Lipinski definition) is 0. The lowest BCUT2D eigenvalue weighted by Gasteiger charge is -2.34. The van der Waals surface area contributed by atoms with Gasteiger partial charge in [0.25, 0.3) is 0 Å². The minimum absolute atomic E-state index is 0.0271. The van der Waals surface area contributed by atoms with Crippen LogP contribution in [-0.4, -0.2) is 0 Å². The largest absolute Gasteiger partial charge is 0.456 e. The van der Waals surface area contributed by atoms with E-state index in [1.807, 2.05) is 66.7 Å². The summed E-state index contributed by atoms with van der Waals surface area (Å²) in [5.74, 6) is 1.46. The summed E-state index contributed by atoms with van der Waals surface area (Å²) >= 11 is 0. The molecule has 6 heteroatoms. The van der Waals surface area contributed by atoms with Crippen LogP contribution in [0.15, 0.2) is 196 Å². The highest BCUT2D eigenvalue weighted by molar-refractivity contribution is 6.08. The van der Waals surface area contributed by atoms with E-state index in [0.29, 0.717) is 21.9 Å². The molecule has 0 amide bonds. The Balaban J connectivity index is 1.05. The van der Waals surface area contributed by atoms with Crippen LogP contribution in [0.5, 0.6) is 11.5 Å². The number of fused-ring (bicyclic) bond motifs is 7. The van der Waals surface area contributed by atoms with Crippen LogP contribution in [0.2, 0.25) is 0 Å². The van der Waals surface area contributed by atoms with Crippen molar-refractivity contribution >= 4 is 78.0 Å². The highest BCUT2D eigenvalue weighted by atomic mass is 16.5. The minimum atomic E-state index is -0.0271. The highest BCUT2D eigenvalue weighted by Crippen LogP contribution is 2.54. The zero-order chi connectivity index (χ0) is 36.5. The average molecular weight is 711 g/mol. The molecular weight excluding hydrogens is 681 g/mol. The van der Waals surface area contributed by atoms with Crippen molar-refractivity contribution in [3.8, 4) is 22.6 Å². The van der Waals surface area contributed by atoms with E-state index in [1.54, 1.807) is 6.07 Å². The first kappa shape index (κ1) is 31.0. The smallest absolute Gasteiger partial charge is 0.200 e. The summed E-state index contributed by atoms with van der Waals surface area (Å²) in [6.45, 7) is 0. The van der Waals surface area contributed by atoms with E-state index in [9.17, 15) is 4.79 Å². The third-order valence-electron chi connectivity index (χ3n) is 10.4. The molecule has 0 spiro atoms. The monoisotopic (exact) mass is 710 g/mol. The second-order valence-corrected chi connectivity index (χ2v) is 13.7. The summed E-state index contributed by atoms with van der Waals surface area (Å²) in [7, 11) is 0. The normalized spacial score (nSPS) is 12.2. The van der Waals surface area contributed by atoms with E-state index in [-0.39, 0.29) is 5.43 Å². The van der Waals surface area contributed by atoms with Gasteiger partial charge in [-0.3, -0.25) is 4.79 Å². The van der Waals surface area contributed by atoms with Gasteiger partial charge in [0, 0.05) is 45.7 Å². The Morgan fingerprint density at radius 2 is 0.982 bits per heavy atom. The maximum atomic E-state index is 13.2. The SMILES string of the molecule is O=c1c2ccccc2oc2cc(-c3ccc(N4c5ccc(N(c6ccccc6)c6ccccc6)cc5Oc5cc6c(cc54)oc4ccccc46)cc3)ccc12. The molecule has 0 saturated heterocycles. The molecule has 1 aliphatic rings. The number of anilines is 6. The first-order valence-electron chi connectivity index (χ1n) is 18.2. The molecular formula is C49H30N2O4. The molecule has 0 fully saturated rings. The van der Waals surface area contributed by atoms with Crippen LogP contribution < -0.4 is 20.0 Å². The first-order chi connectivity index (χ1) is 27.2. The lowest BCUT2D eigenvalue weighted by molar-refractivity contribution is 0.477. The van der Waals surface area contributed by atoms with Gasteiger partial charge in [-0.05, 0) is 96.1 Å². The minimum Gasteiger partial charge on any atom is -0.456 e. The van der Waals surface area contributed by atoms with Gasteiger partial charge in [0.1, 0.15) is 22.3 Å². The van der Waals surface area contributed by atoms with Crippen molar-refractivity contribution in [2.24, 2.45) is 0 Å². The third-order valence-corrected chi connectivity index (χ3v) is 10.4. The van der Waals surface area contributed by atoms with Gasteiger partial charge in [0.15, 0.2) is 11.5 Å². The molecule has 8 aromatic carbocycles. The number of hydrogen-bond acceptors (Lipinski definition) is 6. The molecule has 0 N–H and O–H groups in total. The van der Waals surface area contributed by atoms with Crippen molar-refractivity contribution in [2.75, 3.05) is 9.80 Å². The number of nitrogens with zero attached hydrogens (tertiary/aromatic N) is 2. The molecule has 3 heterocycles. The zero-order valence-electron chi connectivity index (χ0n) is 29.3. The maximum absolute atomic E-state index is 13.2. The number of benzene rings is 8. The number of ether oxygens (including phenoxy) is 1. The van der Waals surface area contributed by atoms with E-state index in [1.165, 1.54) is 0 Å². The van der Waals surface area contributed by atoms with Crippen LogP contribution in [-0.2, 0) is 0 Å². The molecule has 10 aromatic rings. The van der Waals surface area contributed by atoms with Gasteiger partial charge in [-0.1, -0.05) is 84.9 Å². The third kappa shape index (κ3) is 5.07. The van der Waals surface area contributed by atoms with E-state index in [4.69, 9.17) is 13.6 Å². The van der Waals surface area contributed by atoms with E-state index < -0.39 is 0 Å². The van der Waals surface area contributed by atoms with Crippen molar-refractivity contribution in [3.63, 3.8) is 0 Å². The molecule has 1 aliphatic heterocycles. The first-order valence-corrected chi connectivity index (χ1v) is 18.2. The van der Waals surface area contributed by atoms with Crippen molar-refractivity contribution in [3.05, 3.63) is 192 Å². The van der Waals surface area contributed by atoms with E-state index in [0.717, 1.165) is 78.7 Å². The van der Waals surface area contributed by atoms with Crippen molar-refractivity contribution in [2.45, 2.75) is 0 Å². The van der Waals surface area contributed by atoms with Crippen LogP contribution in [0.1, 0.15) is 0 Å². The molecule has 6 nitrogen and oxygen atoms in total. The van der Waals surface area contributed by atoms with Gasteiger partial charge in [0.2, 0.25) is 5.43 Å². The second kappa shape index (κ2) is 12.3.